The summed E-state index contributed by atoms with van der Waals surface area (Å²) in [7, 11) is 1.50. The SMILES string of the molecule is COCCC(NC(=O)OCC1c2ccccc2-c2ccccc21)C(=O)NC(C)CC(=O)O. The topological polar surface area (TPSA) is 114 Å². The molecule has 2 aromatic rings. The molecule has 0 aliphatic heterocycles. The van der Waals surface area contributed by atoms with Gasteiger partial charge in [-0.2, -0.15) is 0 Å². The van der Waals surface area contributed by atoms with E-state index in [0.29, 0.717) is 0 Å². The van der Waals surface area contributed by atoms with Gasteiger partial charge in [-0.1, -0.05) is 48.5 Å². The van der Waals surface area contributed by atoms with Crippen LogP contribution in [0.25, 0.3) is 11.1 Å². The van der Waals surface area contributed by atoms with Crippen molar-refractivity contribution < 1.29 is 29.0 Å². The number of fused-ring (bicyclic) bond motifs is 3. The first-order valence-electron chi connectivity index (χ1n) is 10.5. The Hall–Kier alpha value is -3.39. The molecule has 0 saturated heterocycles. The molecule has 170 valence electrons. The van der Waals surface area contributed by atoms with Crippen molar-refractivity contribution >= 4 is 18.0 Å². The van der Waals surface area contributed by atoms with Crippen molar-refractivity contribution in [1.82, 2.24) is 10.6 Å². The van der Waals surface area contributed by atoms with Gasteiger partial charge >= 0.3 is 12.1 Å². The molecule has 1 aliphatic carbocycles. The molecule has 0 saturated carbocycles. The Balaban J connectivity index is 1.63. The molecule has 2 unspecified atom stereocenters. The third kappa shape index (κ3) is 5.64. The first-order chi connectivity index (χ1) is 15.4. The number of hydrogen-bond acceptors (Lipinski definition) is 5. The van der Waals surface area contributed by atoms with Gasteiger partial charge in [0.25, 0.3) is 0 Å². The quantitative estimate of drug-likeness (QED) is 0.524. The predicted molar refractivity (Wildman–Crippen MR) is 118 cm³/mol. The summed E-state index contributed by atoms with van der Waals surface area (Å²) in [5.41, 5.74) is 4.44. The van der Waals surface area contributed by atoms with E-state index in [1.165, 1.54) is 7.11 Å². The highest BCUT2D eigenvalue weighted by atomic mass is 16.5. The summed E-state index contributed by atoms with van der Waals surface area (Å²) in [6, 6.07) is 14.6. The lowest BCUT2D eigenvalue weighted by Gasteiger charge is -2.21. The molecule has 3 rings (SSSR count). The van der Waals surface area contributed by atoms with Gasteiger partial charge in [0.05, 0.1) is 6.42 Å². The van der Waals surface area contributed by atoms with Gasteiger partial charge in [-0.05, 0) is 29.2 Å². The lowest BCUT2D eigenvalue weighted by atomic mass is 9.98. The highest BCUT2D eigenvalue weighted by Gasteiger charge is 2.30. The van der Waals surface area contributed by atoms with Gasteiger partial charge in [0.15, 0.2) is 0 Å². The zero-order valence-electron chi connectivity index (χ0n) is 18.2. The molecule has 8 heteroatoms. The molecule has 3 N–H and O–H groups in total. The molecule has 2 aromatic carbocycles. The van der Waals surface area contributed by atoms with Gasteiger partial charge in [0.2, 0.25) is 5.91 Å². The van der Waals surface area contributed by atoms with Gasteiger partial charge < -0.3 is 25.2 Å². The summed E-state index contributed by atoms with van der Waals surface area (Å²) in [4.78, 5) is 35.9. The van der Waals surface area contributed by atoms with Crippen molar-refractivity contribution in [3.8, 4) is 11.1 Å². The van der Waals surface area contributed by atoms with Crippen LogP contribution in [0.1, 0.15) is 36.8 Å². The Bertz CT molecular complexity index is 931. The molecule has 2 atom stereocenters. The van der Waals surface area contributed by atoms with Crippen LogP contribution in [0, 0.1) is 0 Å². The average Bonchev–Trinajstić information content (AvgIpc) is 3.08. The molecular formula is C24H28N2O6. The molecule has 2 amide bonds. The number of carboxylic acids is 1. The number of aliphatic carboxylic acids is 1. The zero-order valence-corrected chi connectivity index (χ0v) is 18.2. The van der Waals surface area contributed by atoms with E-state index in [4.69, 9.17) is 14.6 Å². The van der Waals surface area contributed by atoms with Gasteiger partial charge in [0, 0.05) is 32.1 Å². The number of amides is 2. The lowest BCUT2D eigenvalue weighted by Crippen LogP contribution is -2.50. The predicted octanol–water partition coefficient (Wildman–Crippen LogP) is 2.91. The van der Waals surface area contributed by atoms with Crippen LogP contribution in [0.5, 0.6) is 0 Å². The molecule has 8 nitrogen and oxygen atoms in total. The third-order valence-electron chi connectivity index (χ3n) is 5.43. The van der Waals surface area contributed by atoms with Crippen LogP contribution in [-0.2, 0) is 19.1 Å². The van der Waals surface area contributed by atoms with E-state index in [0.717, 1.165) is 22.3 Å². The summed E-state index contributed by atoms with van der Waals surface area (Å²) in [5, 5.41) is 14.1. The van der Waals surface area contributed by atoms with E-state index >= 15 is 0 Å². The second-order valence-corrected chi connectivity index (χ2v) is 7.81. The smallest absolute Gasteiger partial charge is 0.407 e. The van der Waals surface area contributed by atoms with Crippen molar-refractivity contribution in [2.45, 2.75) is 37.8 Å². The summed E-state index contributed by atoms with van der Waals surface area (Å²) in [6.45, 7) is 1.97. The number of carboxylic acid groups (broad SMARTS) is 1. The number of carbonyl (C=O) groups excluding carboxylic acids is 2. The number of carbonyl (C=O) groups is 3. The molecule has 32 heavy (non-hydrogen) atoms. The van der Waals surface area contributed by atoms with E-state index in [2.05, 4.69) is 22.8 Å². The normalized spacial score (nSPS) is 14.1. The van der Waals surface area contributed by atoms with Crippen LogP contribution >= 0.6 is 0 Å². The van der Waals surface area contributed by atoms with Crippen molar-refractivity contribution in [3.63, 3.8) is 0 Å². The van der Waals surface area contributed by atoms with E-state index in [9.17, 15) is 14.4 Å². The monoisotopic (exact) mass is 440 g/mol. The molecule has 0 fully saturated rings. The van der Waals surface area contributed by atoms with Crippen molar-refractivity contribution in [2.75, 3.05) is 20.3 Å². The Kier molecular flexibility index (Phi) is 7.83. The minimum absolute atomic E-state index is 0.0880. The van der Waals surface area contributed by atoms with Crippen LogP contribution in [0.4, 0.5) is 4.79 Å². The van der Waals surface area contributed by atoms with Crippen molar-refractivity contribution in [2.24, 2.45) is 0 Å². The zero-order chi connectivity index (χ0) is 23.1. The first-order valence-corrected chi connectivity index (χ1v) is 10.5. The number of ether oxygens (including phenoxy) is 2. The number of hydrogen-bond donors (Lipinski definition) is 3. The fourth-order valence-electron chi connectivity index (χ4n) is 3.94. The number of methoxy groups -OCH3 is 1. The summed E-state index contributed by atoms with van der Waals surface area (Å²) >= 11 is 0. The Labute approximate surface area is 186 Å². The van der Waals surface area contributed by atoms with Crippen LogP contribution in [-0.4, -0.2) is 55.5 Å². The largest absolute Gasteiger partial charge is 0.481 e. The number of rotatable bonds is 10. The lowest BCUT2D eigenvalue weighted by molar-refractivity contribution is -0.137. The van der Waals surface area contributed by atoms with Crippen LogP contribution in [0.3, 0.4) is 0 Å². The van der Waals surface area contributed by atoms with Gasteiger partial charge in [-0.3, -0.25) is 9.59 Å². The number of benzene rings is 2. The minimum atomic E-state index is -1.02. The van der Waals surface area contributed by atoms with Crippen LogP contribution in [0.2, 0.25) is 0 Å². The van der Waals surface area contributed by atoms with E-state index in [1.54, 1.807) is 6.92 Å². The molecule has 0 radical (unpaired) electrons. The maximum absolute atomic E-state index is 12.5. The molecule has 0 heterocycles. The first kappa shape index (κ1) is 23.3. The van der Waals surface area contributed by atoms with Crippen molar-refractivity contribution in [1.29, 1.82) is 0 Å². The fourth-order valence-corrected chi connectivity index (χ4v) is 3.94. The van der Waals surface area contributed by atoms with E-state index < -0.39 is 30.1 Å². The van der Waals surface area contributed by atoms with Gasteiger partial charge in [0.1, 0.15) is 12.6 Å². The number of nitrogens with one attached hydrogen (secondary N) is 2. The van der Waals surface area contributed by atoms with E-state index in [-0.39, 0.29) is 32.0 Å². The maximum atomic E-state index is 12.5. The Morgan fingerprint density at radius 3 is 2.16 bits per heavy atom. The Morgan fingerprint density at radius 2 is 1.59 bits per heavy atom. The fraction of sp³-hybridized carbons (Fsp3) is 0.375. The molecular weight excluding hydrogens is 412 g/mol. The van der Waals surface area contributed by atoms with Gasteiger partial charge in [-0.15, -0.1) is 0 Å². The van der Waals surface area contributed by atoms with Crippen molar-refractivity contribution in [3.05, 3.63) is 59.7 Å². The highest BCUT2D eigenvalue weighted by Crippen LogP contribution is 2.44. The minimum Gasteiger partial charge on any atom is -0.481 e. The summed E-state index contributed by atoms with van der Waals surface area (Å²) < 4.78 is 10.5. The second kappa shape index (κ2) is 10.8. The van der Waals surface area contributed by atoms with E-state index in [1.807, 2.05) is 36.4 Å². The number of alkyl carbamates (subject to hydrolysis) is 1. The van der Waals surface area contributed by atoms with Gasteiger partial charge in [-0.25, -0.2) is 4.79 Å². The molecule has 1 aliphatic rings. The van der Waals surface area contributed by atoms with Crippen LogP contribution in [0.15, 0.2) is 48.5 Å². The molecule has 0 bridgehead atoms. The third-order valence-corrected chi connectivity index (χ3v) is 5.43. The maximum Gasteiger partial charge on any atom is 0.407 e. The highest BCUT2D eigenvalue weighted by molar-refractivity contribution is 5.86. The molecule has 0 spiro atoms. The summed E-state index contributed by atoms with van der Waals surface area (Å²) in [5.74, 6) is -1.59. The second-order valence-electron chi connectivity index (χ2n) is 7.81. The summed E-state index contributed by atoms with van der Waals surface area (Å²) in [6.07, 6.45) is -0.700. The average molecular weight is 440 g/mol. The Morgan fingerprint density at radius 1 is 1.00 bits per heavy atom. The van der Waals surface area contributed by atoms with Crippen LogP contribution < -0.4 is 10.6 Å². The molecule has 0 aromatic heterocycles. The standard InChI is InChI=1S/C24H28N2O6/c1-15(13-22(27)28)25-23(29)21(11-12-31-2)26-24(30)32-14-20-18-9-5-3-7-16(18)17-8-4-6-10-19(17)20/h3-10,15,20-21H,11-14H2,1-2H3,(H,25,29)(H,26,30)(H,27,28).